The summed E-state index contributed by atoms with van der Waals surface area (Å²) in [7, 11) is 1.56. The Morgan fingerprint density at radius 3 is 2.05 bits per heavy atom. The highest BCUT2D eigenvalue weighted by Crippen LogP contribution is 2.29. The smallest absolute Gasteiger partial charge is 0.320 e. The standard InChI is InChI=1S/C15H21FN2O3.C10H12Cl2.C2H5NO/c16-14-3-1-12(2-4-14)13-5-6-18(11-13)15(21)17(7-9-19)8-10-20;1-10(2,3)7-4-8(11)6-9(12)5-7;1-3-2-4/h1-4,13,19-20H,5-11H2;4-6H,1-3H3;2H,1H3,(H,3,4). The van der Waals surface area contributed by atoms with Gasteiger partial charge in [0, 0.05) is 49.2 Å². The Hall–Kier alpha value is -2.39. The summed E-state index contributed by atoms with van der Waals surface area (Å²) in [6.07, 6.45) is 1.46. The van der Waals surface area contributed by atoms with Gasteiger partial charge in [-0.05, 0) is 53.3 Å². The summed E-state index contributed by atoms with van der Waals surface area (Å²) in [6.45, 7) is 7.81. The largest absolute Gasteiger partial charge is 0.395 e. The minimum absolute atomic E-state index is 0.106. The Labute approximate surface area is 229 Å². The number of rotatable bonds is 6. The highest BCUT2D eigenvalue weighted by molar-refractivity contribution is 6.34. The lowest BCUT2D eigenvalue weighted by Gasteiger charge is -2.27. The van der Waals surface area contributed by atoms with Crippen LogP contribution in [-0.2, 0) is 10.2 Å². The molecule has 206 valence electrons. The number of nitrogens with zero attached hydrogens (tertiary/aromatic N) is 2. The van der Waals surface area contributed by atoms with Gasteiger partial charge in [-0.15, -0.1) is 0 Å². The first-order valence-corrected chi connectivity index (χ1v) is 12.8. The first-order valence-electron chi connectivity index (χ1n) is 12.0. The van der Waals surface area contributed by atoms with Gasteiger partial charge in [0.05, 0.1) is 13.2 Å². The molecule has 1 aliphatic heterocycles. The molecule has 1 unspecified atom stereocenters. The molecule has 1 fully saturated rings. The molecular weight excluding hydrogens is 520 g/mol. The molecule has 1 atom stereocenters. The van der Waals surface area contributed by atoms with Gasteiger partial charge in [-0.1, -0.05) is 56.1 Å². The van der Waals surface area contributed by atoms with Crippen molar-refractivity contribution in [3.63, 3.8) is 0 Å². The molecule has 0 radical (unpaired) electrons. The fourth-order valence-electron chi connectivity index (χ4n) is 3.67. The predicted octanol–water partition coefficient (Wildman–Crippen LogP) is 4.67. The van der Waals surface area contributed by atoms with Crippen molar-refractivity contribution in [2.24, 2.45) is 0 Å². The number of nitrogens with one attached hydrogen (secondary N) is 1. The number of carbonyl (C=O) groups excluding carboxylic acids is 2. The van der Waals surface area contributed by atoms with Crippen LogP contribution in [0, 0.1) is 5.82 Å². The Morgan fingerprint density at radius 1 is 1.11 bits per heavy atom. The zero-order valence-corrected chi connectivity index (χ0v) is 23.4. The molecule has 7 nitrogen and oxygen atoms in total. The molecule has 1 aliphatic rings. The summed E-state index contributed by atoms with van der Waals surface area (Å²) in [5.41, 5.74) is 2.30. The van der Waals surface area contributed by atoms with Gasteiger partial charge in [0.15, 0.2) is 0 Å². The van der Waals surface area contributed by atoms with E-state index in [2.05, 4.69) is 26.1 Å². The van der Waals surface area contributed by atoms with Crippen molar-refractivity contribution >= 4 is 35.6 Å². The van der Waals surface area contributed by atoms with E-state index >= 15 is 0 Å². The minimum Gasteiger partial charge on any atom is -0.395 e. The Kier molecular flexibility index (Phi) is 14.5. The van der Waals surface area contributed by atoms with Crippen molar-refractivity contribution in [1.29, 1.82) is 0 Å². The fourth-order valence-corrected chi connectivity index (χ4v) is 4.20. The number of aliphatic hydroxyl groups is 2. The van der Waals surface area contributed by atoms with Gasteiger partial charge < -0.3 is 25.3 Å². The van der Waals surface area contributed by atoms with Crippen LogP contribution in [0.1, 0.15) is 44.2 Å². The molecule has 10 heteroatoms. The first kappa shape index (κ1) is 32.6. The second-order valence-electron chi connectivity index (χ2n) is 9.51. The van der Waals surface area contributed by atoms with E-state index < -0.39 is 0 Å². The molecule has 3 N–H and O–H groups in total. The van der Waals surface area contributed by atoms with Crippen LogP contribution in [0.4, 0.5) is 9.18 Å². The van der Waals surface area contributed by atoms with Crippen LogP contribution in [0.25, 0.3) is 0 Å². The number of urea groups is 1. The second kappa shape index (κ2) is 16.5. The SMILES string of the molecule is CC(C)(C)c1cc(Cl)cc(Cl)c1.CNC=O.O=C(N(CCO)CCO)N1CCC(c2ccc(F)cc2)C1. The van der Waals surface area contributed by atoms with Crippen molar-refractivity contribution < 1.29 is 24.2 Å². The molecule has 0 spiro atoms. The van der Waals surface area contributed by atoms with Crippen molar-refractivity contribution in [2.45, 2.75) is 38.5 Å². The molecule has 0 bridgehead atoms. The number of amides is 3. The highest BCUT2D eigenvalue weighted by atomic mass is 35.5. The van der Waals surface area contributed by atoms with Crippen LogP contribution in [0.15, 0.2) is 42.5 Å². The summed E-state index contributed by atoms with van der Waals surface area (Å²) in [4.78, 5) is 24.6. The van der Waals surface area contributed by atoms with E-state index in [-0.39, 0.29) is 49.5 Å². The summed E-state index contributed by atoms with van der Waals surface area (Å²) in [5, 5.41) is 21.6. The predicted molar refractivity (Wildman–Crippen MR) is 147 cm³/mol. The quantitative estimate of drug-likeness (QED) is 0.450. The molecule has 0 saturated carbocycles. The third kappa shape index (κ3) is 11.7. The lowest BCUT2D eigenvalue weighted by molar-refractivity contribution is -0.109. The number of hydrogen-bond donors (Lipinski definition) is 3. The molecule has 1 saturated heterocycles. The molecule has 0 aliphatic carbocycles. The van der Waals surface area contributed by atoms with Gasteiger partial charge in [-0.3, -0.25) is 4.79 Å². The number of carbonyl (C=O) groups is 2. The fraction of sp³-hybridized carbons (Fsp3) is 0.481. The van der Waals surface area contributed by atoms with Crippen LogP contribution in [0.5, 0.6) is 0 Å². The molecule has 3 rings (SSSR count). The van der Waals surface area contributed by atoms with E-state index in [1.54, 1.807) is 30.1 Å². The Balaban J connectivity index is 0.000000360. The van der Waals surface area contributed by atoms with Gasteiger partial charge >= 0.3 is 6.03 Å². The van der Waals surface area contributed by atoms with Crippen molar-refractivity contribution in [2.75, 3.05) is 46.4 Å². The van der Waals surface area contributed by atoms with Gasteiger partial charge in [-0.25, -0.2) is 9.18 Å². The number of halogens is 3. The summed E-state index contributed by atoms with van der Waals surface area (Å²) in [5.74, 6) is -0.0543. The maximum Gasteiger partial charge on any atom is 0.320 e. The maximum atomic E-state index is 12.9. The lowest BCUT2D eigenvalue weighted by atomic mass is 9.87. The number of likely N-dealkylation sites (tertiary alicyclic amines) is 1. The average Bonchev–Trinajstić information content (AvgIpc) is 3.34. The summed E-state index contributed by atoms with van der Waals surface area (Å²) in [6, 6.07) is 11.9. The van der Waals surface area contributed by atoms with Gasteiger partial charge in [0.25, 0.3) is 0 Å². The third-order valence-corrected chi connectivity index (χ3v) is 6.09. The topological polar surface area (TPSA) is 93.1 Å². The molecule has 2 aromatic carbocycles. The van der Waals surface area contributed by atoms with E-state index in [4.69, 9.17) is 38.2 Å². The van der Waals surface area contributed by atoms with Crippen LogP contribution in [0.2, 0.25) is 10.0 Å². The molecule has 3 amide bonds. The van der Waals surface area contributed by atoms with Gasteiger partial charge in [0.2, 0.25) is 6.41 Å². The first-order chi connectivity index (χ1) is 17.5. The van der Waals surface area contributed by atoms with Crippen LogP contribution in [-0.4, -0.2) is 78.9 Å². The number of hydrogen-bond acceptors (Lipinski definition) is 4. The lowest BCUT2D eigenvalue weighted by Crippen LogP contribution is -2.44. The van der Waals surface area contributed by atoms with E-state index in [1.165, 1.54) is 22.6 Å². The van der Waals surface area contributed by atoms with Crippen molar-refractivity contribution in [1.82, 2.24) is 15.1 Å². The zero-order valence-electron chi connectivity index (χ0n) is 21.9. The van der Waals surface area contributed by atoms with Crippen LogP contribution >= 0.6 is 23.2 Å². The van der Waals surface area contributed by atoms with E-state index in [9.17, 15) is 9.18 Å². The van der Waals surface area contributed by atoms with Gasteiger partial charge in [0.1, 0.15) is 5.82 Å². The second-order valence-corrected chi connectivity index (χ2v) is 10.4. The molecule has 37 heavy (non-hydrogen) atoms. The Morgan fingerprint density at radius 2 is 1.62 bits per heavy atom. The monoisotopic (exact) mass is 557 g/mol. The van der Waals surface area contributed by atoms with Gasteiger partial charge in [-0.2, -0.15) is 0 Å². The zero-order chi connectivity index (χ0) is 28.0. The molecule has 0 aromatic heterocycles. The average molecular weight is 559 g/mol. The summed E-state index contributed by atoms with van der Waals surface area (Å²) >= 11 is 11.7. The highest BCUT2D eigenvalue weighted by Gasteiger charge is 2.29. The normalized spacial score (nSPS) is 14.6. The molecule has 2 aromatic rings. The van der Waals surface area contributed by atoms with E-state index in [0.29, 0.717) is 29.5 Å². The van der Waals surface area contributed by atoms with Crippen LogP contribution < -0.4 is 5.32 Å². The third-order valence-electron chi connectivity index (χ3n) is 5.66. The van der Waals surface area contributed by atoms with E-state index in [0.717, 1.165) is 12.0 Å². The Bertz CT molecular complexity index is 945. The van der Waals surface area contributed by atoms with Crippen molar-refractivity contribution in [3.05, 3.63) is 69.5 Å². The molecular formula is C27H38Cl2FN3O4. The van der Waals surface area contributed by atoms with Crippen LogP contribution in [0.3, 0.4) is 0 Å². The maximum absolute atomic E-state index is 12.9. The minimum atomic E-state index is -0.262. The van der Waals surface area contributed by atoms with E-state index in [1.807, 2.05) is 12.1 Å². The summed E-state index contributed by atoms with van der Waals surface area (Å²) < 4.78 is 12.9. The molecule has 1 heterocycles. The number of benzene rings is 2. The van der Waals surface area contributed by atoms with Crippen molar-refractivity contribution in [3.8, 4) is 0 Å². The number of aliphatic hydroxyl groups excluding tert-OH is 2.